The van der Waals surface area contributed by atoms with E-state index in [0.717, 1.165) is 6.42 Å². The van der Waals surface area contributed by atoms with E-state index >= 15 is 0 Å². The summed E-state index contributed by atoms with van der Waals surface area (Å²) in [6.45, 7) is 0.521. The van der Waals surface area contributed by atoms with Crippen LogP contribution in [0.1, 0.15) is 15.2 Å². The van der Waals surface area contributed by atoms with E-state index in [4.69, 9.17) is 16.2 Å². The molecule has 0 spiro atoms. The summed E-state index contributed by atoms with van der Waals surface area (Å²) in [4.78, 5) is 12.3. The number of benzene rings is 1. The fourth-order valence-electron chi connectivity index (χ4n) is 1.53. The average molecular weight is 262 g/mol. The number of amides is 1. The summed E-state index contributed by atoms with van der Waals surface area (Å²) in [5, 5.41) is 2.03. The number of thiophene rings is 1. The van der Waals surface area contributed by atoms with Crippen LogP contribution in [0.5, 0.6) is 5.75 Å². The molecule has 1 aromatic carbocycles. The Labute approximate surface area is 109 Å². The molecule has 0 atom stereocenters. The number of carbonyl (C=O) groups is 1. The minimum Gasteiger partial charge on any atom is -0.491 e. The van der Waals surface area contributed by atoms with Gasteiger partial charge < -0.3 is 16.2 Å². The molecule has 2 rings (SSSR count). The molecule has 2 aromatic rings. The topological polar surface area (TPSA) is 78.3 Å². The van der Waals surface area contributed by atoms with Crippen molar-refractivity contribution in [1.82, 2.24) is 0 Å². The lowest BCUT2D eigenvalue weighted by Crippen LogP contribution is -2.11. The van der Waals surface area contributed by atoms with E-state index in [1.54, 1.807) is 29.5 Å². The van der Waals surface area contributed by atoms with Crippen molar-refractivity contribution in [1.29, 1.82) is 0 Å². The van der Waals surface area contributed by atoms with E-state index in [2.05, 4.69) is 6.07 Å². The number of primary amides is 1. The molecule has 4 N–H and O–H groups in total. The molecule has 0 aliphatic heterocycles. The van der Waals surface area contributed by atoms with Crippen molar-refractivity contribution in [2.45, 2.75) is 6.42 Å². The lowest BCUT2D eigenvalue weighted by Gasteiger charge is -2.09. The number of nitrogen functional groups attached to an aromatic ring is 1. The minimum atomic E-state index is -0.488. The van der Waals surface area contributed by atoms with Crippen LogP contribution in [-0.2, 0) is 6.42 Å². The van der Waals surface area contributed by atoms with Gasteiger partial charge in [-0.15, -0.1) is 11.3 Å². The quantitative estimate of drug-likeness (QED) is 0.809. The van der Waals surface area contributed by atoms with Crippen molar-refractivity contribution in [2.24, 2.45) is 5.73 Å². The molecule has 1 aromatic heterocycles. The number of hydrogen-bond donors (Lipinski definition) is 2. The minimum absolute atomic E-state index is 0.398. The van der Waals surface area contributed by atoms with Crippen molar-refractivity contribution in [3.63, 3.8) is 0 Å². The molecule has 0 bridgehead atoms. The molecule has 5 heteroatoms. The Kier molecular flexibility index (Phi) is 3.84. The normalized spacial score (nSPS) is 10.2. The molecule has 0 aliphatic rings. The highest BCUT2D eigenvalue weighted by atomic mass is 32.1. The van der Waals surface area contributed by atoms with Crippen molar-refractivity contribution in [3.8, 4) is 5.75 Å². The van der Waals surface area contributed by atoms with Crippen LogP contribution in [0.15, 0.2) is 35.7 Å². The van der Waals surface area contributed by atoms with Crippen LogP contribution in [0, 0.1) is 0 Å². The van der Waals surface area contributed by atoms with Gasteiger partial charge in [0.1, 0.15) is 5.75 Å². The molecule has 0 saturated heterocycles. The molecule has 0 unspecified atom stereocenters. The first kappa shape index (κ1) is 12.4. The maximum atomic E-state index is 11.1. The highest BCUT2D eigenvalue weighted by molar-refractivity contribution is 7.09. The molecule has 4 nitrogen and oxygen atoms in total. The van der Waals surface area contributed by atoms with Crippen LogP contribution < -0.4 is 16.2 Å². The first-order valence-corrected chi connectivity index (χ1v) is 6.39. The third-order valence-electron chi connectivity index (χ3n) is 2.48. The second kappa shape index (κ2) is 5.55. The molecule has 94 valence electrons. The number of hydrogen-bond acceptors (Lipinski definition) is 4. The second-order valence-corrected chi connectivity index (χ2v) is 4.83. The molecule has 0 fully saturated rings. The Balaban J connectivity index is 2.00. The zero-order valence-corrected chi connectivity index (χ0v) is 10.6. The van der Waals surface area contributed by atoms with Gasteiger partial charge in [-0.05, 0) is 29.6 Å². The summed E-state index contributed by atoms with van der Waals surface area (Å²) in [7, 11) is 0. The van der Waals surface area contributed by atoms with Gasteiger partial charge in [-0.25, -0.2) is 0 Å². The van der Waals surface area contributed by atoms with Crippen LogP contribution in [0.3, 0.4) is 0 Å². The van der Waals surface area contributed by atoms with Crippen molar-refractivity contribution in [3.05, 3.63) is 46.2 Å². The predicted octanol–water partition coefficient (Wildman–Crippen LogP) is 2.05. The van der Waals surface area contributed by atoms with Crippen LogP contribution in [0.4, 0.5) is 5.69 Å². The molecule has 1 heterocycles. The monoisotopic (exact) mass is 262 g/mol. The van der Waals surface area contributed by atoms with Gasteiger partial charge in [-0.3, -0.25) is 4.79 Å². The number of ether oxygens (including phenoxy) is 1. The molecule has 18 heavy (non-hydrogen) atoms. The summed E-state index contributed by atoms with van der Waals surface area (Å²) in [6, 6.07) is 8.84. The Bertz CT molecular complexity index is 538. The first-order chi connectivity index (χ1) is 8.66. The van der Waals surface area contributed by atoms with Crippen molar-refractivity contribution >= 4 is 22.9 Å². The van der Waals surface area contributed by atoms with E-state index in [0.29, 0.717) is 23.6 Å². The average Bonchev–Trinajstić information content (AvgIpc) is 2.84. The fourth-order valence-corrected chi connectivity index (χ4v) is 2.22. The van der Waals surface area contributed by atoms with Gasteiger partial charge in [-0.1, -0.05) is 6.07 Å². The Morgan fingerprint density at radius 2 is 2.17 bits per heavy atom. The molecular weight excluding hydrogens is 248 g/mol. The van der Waals surface area contributed by atoms with Gasteiger partial charge in [0.2, 0.25) is 5.91 Å². The summed E-state index contributed by atoms with van der Waals surface area (Å²) in [6.07, 6.45) is 0.817. The predicted molar refractivity (Wildman–Crippen MR) is 72.9 cm³/mol. The lowest BCUT2D eigenvalue weighted by atomic mass is 10.2. The van der Waals surface area contributed by atoms with Gasteiger partial charge in [0.15, 0.2) is 0 Å². The summed E-state index contributed by atoms with van der Waals surface area (Å²) in [5.41, 5.74) is 11.9. The van der Waals surface area contributed by atoms with Gasteiger partial charge >= 0.3 is 0 Å². The molecular formula is C13H14N2O2S. The largest absolute Gasteiger partial charge is 0.491 e. The lowest BCUT2D eigenvalue weighted by molar-refractivity contribution is 0.1000. The van der Waals surface area contributed by atoms with Crippen molar-refractivity contribution < 1.29 is 9.53 Å². The Hall–Kier alpha value is -2.01. The summed E-state index contributed by atoms with van der Waals surface area (Å²) >= 11 is 1.68. The smallest absolute Gasteiger partial charge is 0.248 e. The number of anilines is 1. The van der Waals surface area contributed by atoms with E-state index in [1.165, 1.54) is 4.88 Å². The highest BCUT2D eigenvalue weighted by Gasteiger charge is 2.06. The van der Waals surface area contributed by atoms with E-state index in [1.807, 2.05) is 11.4 Å². The van der Waals surface area contributed by atoms with E-state index in [9.17, 15) is 4.79 Å². The maximum Gasteiger partial charge on any atom is 0.248 e. The summed E-state index contributed by atoms with van der Waals surface area (Å²) in [5.74, 6) is 0.0148. The first-order valence-electron chi connectivity index (χ1n) is 5.51. The zero-order chi connectivity index (χ0) is 13.0. The van der Waals surface area contributed by atoms with Crippen LogP contribution >= 0.6 is 11.3 Å². The van der Waals surface area contributed by atoms with Crippen molar-refractivity contribution in [2.75, 3.05) is 12.3 Å². The third kappa shape index (κ3) is 3.01. The van der Waals surface area contributed by atoms with E-state index in [-0.39, 0.29) is 0 Å². The van der Waals surface area contributed by atoms with Crippen LogP contribution in [-0.4, -0.2) is 12.5 Å². The van der Waals surface area contributed by atoms with Gasteiger partial charge in [-0.2, -0.15) is 0 Å². The Morgan fingerprint density at radius 3 is 2.83 bits per heavy atom. The number of carbonyl (C=O) groups excluding carboxylic acids is 1. The zero-order valence-electron chi connectivity index (χ0n) is 9.76. The standard InChI is InChI=1S/C13H14N2O2S/c14-11-4-3-9(13(15)16)8-12(11)17-6-5-10-2-1-7-18-10/h1-4,7-8H,5-6,14H2,(H2,15,16). The highest BCUT2D eigenvalue weighted by Crippen LogP contribution is 2.23. The maximum absolute atomic E-state index is 11.1. The van der Waals surface area contributed by atoms with Crippen LogP contribution in [0.2, 0.25) is 0 Å². The second-order valence-electron chi connectivity index (χ2n) is 3.79. The van der Waals surface area contributed by atoms with Gasteiger partial charge in [0.05, 0.1) is 12.3 Å². The molecule has 0 radical (unpaired) electrons. The van der Waals surface area contributed by atoms with Gasteiger partial charge in [0, 0.05) is 16.9 Å². The van der Waals surface area contributed by atoms with E-state index < -0.39 is 5.91 Å². The number of nitrogens with two attached hydrogens (primary N) is 2. The Morgan fingerprint density at radius 1 is 1.33 bits per heavy atom. The van der Waals surface area contributed by atoms with Crippen LogP contribution in [0.25, 0.3) is 0 Å². The van der Waals surface area contributed by atoms with Gasteiger partial charge in [0.25, 0.3) is 0 Å². The molecule has 1 amide bonds. The molecule has 0 aliphatic carbocycles. The number of rotatable bonds is 5. The molecule has 0 saturated carbocycles. The summed E-state index contributed by atoms with van der Waals surface area (Å²) < 4.78 is 5.57. The third-order valence-corrected chi connectivity index (χ3v) is 3.42. The SMILES string of the molecule is NC(=O)c1ccc(N)c(OCCc2cccs2)c1. The fraction of sp³-hybridized carbons (Fsp3) is 0.154.